The lowest BCUT2D eigenvalue weighted by Gasteiger charge is -2.19. The second kappa shape index (κ2) is 6.38. The van der Waals surface area contributed by atoms with Crippen LogP contribution in [0.2, 0.25) is 0 Å². The van der Waals surface area contributed by atoms with Crippen LogP contribution in [0.15, 0.2) is 23.1 Å². The molecule has 0 bridgehead atoms. The van der Waals surface area contributed by atoms with E-state index in [1.807, 2.05) is 4.72 Å². The number of carboxylic acids is 1. The summed E-state index contributed by atoms with van der Waals surface area (Å²) in [7, 11) is -4.20. The number of non-ortho nitro benzene ring substituents is 1. The van der Waals surface area contributed by atoms with E-state index in [4.69, 9.17) is 5.11 Å². The van der Waals surface area contributed by atoms with Crippen molar-refractivity contribution in [1.82, 2.24) is 4.72 Å². The average Bonchev–Trinajstić information content (AvgIpc) is 2.44. The summed E-state index contributed by atoms with van der Waals surface area (Å²) in [6.45, 7) is 1.84. The molecule has 10 heteroatoms. The monoisotopic (exact) mass is 332 g/mol. The molecule has 0 aliphatic carbocycles. The number of aryl methyl sites for hydroxylation is 1. The van der Waals surface area contributed by atoms with Crippen molar-refractivity contribution in [3.63, 3.8) is 0 Å². The van der Waals surface area contributed by atoms with Crippen molar-refractivity contribution in [2.75, 3.05) is 6.54 Å². The van der Waals surface area contributed by atoms with Gasteiger partial charge in [0.25, 0.3) is 5.69 Å². The van der Waals surface area contributed by atoms with Crippen molar-refractivity contribution in [3.8, 4) is 0 Å². The van der Waals surface area contributed by atoms with Gasteiger partial charge in [-0.15, -0.1) is 0 Å². The van der Waals surface area contributed by atoms with E-state index in [1.54, 1.807) is 6.92 Å². The van der Waals surface area contributed by atoms with Crippen LogP contribution in [0.25, 0.3) is 0 Å². The fourth-order valence-electron chi connectivity index (χ4n) is 1.59. The van der Waals surface area contributed by atoms with E-state index >= 15 is 0 Å². The van der Waals surface area contributed by atoms with E-state index in [9.17, 15) is 28.4 Å². The van der Waals surface area contributed by atoms with Gasteiger partial charge in [-0.05, 0) is 18.9 Å². The van der Waals surface area contributed by atoms with Gasteiger partial charge in [-0.2, -0.15) is 0 Å². The third-order valence-electron chi connectivity index (χ3n) is 3.00. The molecule has 0 fully saturated rings. The maximum atomic E-state index is 12.2. The van der Waals surface area contributed by atoms with Crippen LogP contribution in [0.4, 0.5) is 5.69 Å². The van der Waals surface area contributed by atoms with Crippen molar-refractivity contribution in [1.29, 1.82) is 0 Å². The number of rotatable bonds is 7. The molecule has 3 N–H and O–H groups in total. The topological polar surface area (TPSA) is 147 Å². The molecule has 1 aromatic carbocycles. The van der Waals surface area contributed by atoms with E-state index < -0.39 is 38.7 Å². The largest absolute Gasteiger partial charge is 0.479 e. The summed E-state index contributed by atoms with van der Waals surface area (Å²) in [5.74, 6) is -1.59. The number of aliphatic carboxylic acids is 1. The Kier molecular flexibility index (Phi) is 5.22. The lowest BCUT2D eigenvalue weighted by Crippen LogP contribution is -2.46. The van der Waals surface area contributed by atoms with Crippen molar-refractivity contribution in [3.05, 3.63) is 33.9 Å². The number of nitrogens with one attached hydrogen (secondary N) is 1. The Labute approximate surface area is 126 Å². The Morgan fingerprint density at radius 2 is 2.05 bits per heavy atom. The molecule has 0 spiro atoms. The minimum absolute atomic E-state index is 0.309. The fraction of sp³-hybridized carbons (Fsp3) is 0.417. The van der Waals surface area contributed by atoms with Gasteiger partial charge in [-0.25, -0.2) is 17.9 Å². The number of nitro benzene ring substituents is 1. The van der Waals surface area contributed by atoms with Crippen molar-refractivity contribution >= 4 is 21.7 Å². The Hall–Kier alpha value is -2.04. The van der Waals surface area contributed by atoms with Gasteiger partial charge in [0.15, 0.2) is 5.60 Å². The summed E-state index contributed by atoms with van der Waals surface area (Å²) in [4.78, 5) is 20.5. The number of nitrogens with zero attached hydrogens (tertiary/aromatic N) is 1. The molecule has 1 atom stereocenters. The third kappa shape index (κ3) is 4.00. The van der Waals surface area contributed by atoms with Gasteiger partial charge >= 0.3 is 5.97 Å². The predicted molar refractivity (Wildman–Crippen MR) is 75.9 cm³/mol. The maximum Gasteiger partial charge on any atom is 0.336 e. The number of aliphatic hydroxyl groups is 1. The van der Waals surface area contributed by atoms with Gasteiger partial charge in [0.05, 0.1) is 16.4 Å². The average molecular weight is 332 g/mol. The van der Waals surface area contributed by atoms with Crippen LogP contribution < -0.4 is 4.72 Å². The highest BCUT2D eigenvalue weighted by molar-refractivity contribution is 7.89. The van der Waals surface area contributed by atoms with E-state index in [-0.39, 0.29) is 4.90 Å². The molecule has 0 radical (unpaired) electrons. The zero-order chi connectivity index (χ0) is 17.1. The molecule has 1 rings (SSSR count). The van der Waals surface area contributed by atoms with Crippen LogP contribution in [-0.4, -0.2) is 41.7 Å². The van der Waals surface area contributed by atoms with Gasteiger partial charge in [0.1, 0.15) is 0 Å². The summed E-state index contributed by atoms with van der Waals surface area (Å²) >= 11 is 0. The molecule has 0 aromatic heterocycles. The van der Waals surface area contributed by atoms with Crippen molar-refractivity contribution in [2.24, 2.45) is 0 Å². The maximum absolute atomic E-state index is 12.2. The molecule has 0 amide bonds. The molecule has 0 saturated heterocycles. The molecule has 1 unspecified atom stereocenters. The first kappa shape index (κ1) is 18.0. The SMILES string of the molecule is CCc1ccc([N+](=O)[O-])cc1S(=O)(=O)NCC(C)(O)C(=O)O. The van der Waals surface area contributed by atoms with E-state index in [2.05, 4.69) is 0 Å². The van der Waals surface area contributed by atoms with Gasteiger partial charge in [0, 0.05) is 12.1 Å². The molecule has 9 nitrogen and oxygen atoms in total. The minimum atomic E-state index is -4.20. The first-order valence-electron chi connectivity index (χ1n) is 6.24. The molecule has 0 aliphatic rings. The van der Waals surface area contributed by atoms with E-state index in [1.165, 1.54) is 12.1 Å². The van der Waals surface area contributed by atoms with Gasteiger partial charge in [-0.3, -0.25) is 10.1 Å². The minimum Gasteiger partial charge on any atom is -0.479 e. The molecule has 0 heterocycles. The van der Waals surface area contributed by atoms with Crippen LogP contribution in [0.1, 0.15) is 19.4 Å². The van der Waals surface area contributed by atoms with E-state index in [0.29, 0.717) is 12.0 Å². The number of hydrogen-bond acceptors (Lipinski definition) is 6. The second-order valence-electron chi connectivity index (χ2n) is 4.81. The first-order chi connectivity index (χ1) is 10.0. The second-order valence-corrected chi connectivity index (χ2v) is 6.54. The predicted octanol–water partition coefficient (Wildman–Crippen LogP) is 0.271. The number of benzene rings is 1. The molecular formula is C12H16N2O7S. The van der Waals surface area contributed by atoms with Crippen molar-refractivity contribution in [2.45, 2.75) is 30.8 Å². The van der Waals surface area contributed by atoms with Crippen LogP contribution in [0, 0.1) is 10.1 Å². The smallest absolute Gasteiger partial charge is 0.336 e. The Bertz CT molecular complexity index is 697. The Morgan fingerprint density at radius 3 is 2.50 bits per heavy atom. The summed E-state index contributed by atoms with van der Waals surface area (Å²) in [5.41, 5.74) is -2.35. The molecule has 1 aromatic rings. The summed E-state index contributed by atoms with van der Waals surface area (Å²) in [6, 6.07) is 3.41. The number of carboxylic acid groups (broad SMARTS) is 1. The molecule has 0 saturated carbocycles. The summed E-state index contributed by atoms with van der Waals surface area (Å²) < 4.78 is 26.4. The van der Waals surface area contributed by atoms with Crippen LogP contribution >= 0.6 is 0 Å². The van der Waals surface area contributed by atoms with Gasteiger partial charge in [-0.1, -0.05) is 13.0 Å². The van der Waals surface area contributed by atoms with Crippen LogP contribution in [0.3, 0.4) is 0 Å². The Morgan fingerprint density at radius 1 is 1.45 bits per heavy atom. The van der Waals surface area contributed by atoms with Crippen molar-refractivity contribution < 1.29 is 28.3 Å². The molecular weight excluding hydrogens is 316 g/mol. The quantitative estimate of drug-likeness (QED) is 0.479. The highest BCUT2D eigenvalue weighted by atomic mass is 32.2. The lowest BCUT2D eigenvalue weighted by atomic mass is 10.1. The Balaban J connectivity index is 3.19. The highest BCUT2D eigenvalue weighted by Gasteiger charge is 2.32. The number of hydrogen-bond donors (Lipinski definition) is 3. The number of sulfonamides is 1. The molecule has 22 heavy (non-hydrogen) atoms. The van der Waals surface area contributed by atoms with Gasteiger partial charge < -0.3 is 10.2 Å². The van der Waals surface area contributed by atoms with E-state index in [0.717, 1.165) is 13.0 Å². The van der Waals surface area contributed by atoms with Crippen LogP contribution in [-0.2, 0) is 21.2 Å². The molecule has 0 aliphatic heterocycles. The third-order valence-corrected chi connectivity index (χ3v) is 4.48. The van der Waals surface area contributed by atoms with Crippen LogP contribution in [0.5, 0.6) is 0 Å². The zero-order valence-electron chi connectivity index (χ0n) is 11.9. The zero-order valence-corrected chi connectivity index (χ0v) is 12.8. The standard InChI is InChI=1S/C12H16N2O7S/c1-3-8-4-5-9(14(18)19)6-10(8)22(20,21)13-7-12(2,17)11(15)16/h4-6,13,17H,3,7H2,1-2H3,(H,15,16). The number of carbonyl (C=O) groups is 1. The first-order valence-corrected chi connectivity index (χ1v) is 7.72. The summed E-state index contributed by atoms with van der Waals surface area (Å²) in [6.07, 6.45) is 0.309. The fourth-order valence-corrected chi connectivity index (χ4v) is 3.05. The normalized spacial score (nSPS) is 14.3. The molecule has 122 valence electrons. The summed E-state index contributed by atoms with van der Waals surface area (Å²) in [5, 5.41) is 29.0. The highest BCUT2D eigenvalue weighted by Crippen LogP contribution is 2.23. The lowest BCUT2D eigenvalue weighted by molar-refractivity contribution is -0.385. The number of nitro groups is 1. The van der Waals surface area contributed by atoms with Gasteiger partial charge in [0.2, 0.25) is 10.0 Å².